The van der Waals surface area contributed by atoms with Crippen LogP contribution in [0.3, 0.4) is 0 Å². The topological polar surface area (TPSA) is 138 Å². The van der Waals surface area contributed by atoms with Crippen LogP contribution in [0.15, 0.2) is 55.6 Å². The van der Waals surface area contributed by atoms with Gasteiger partial charge in [0.1, 0.15) is 17.7 Å². The predicted octanol–water partition coefficient (Wildman–Crippen LogP) is 2.87. The van der Waals surface area contributed by atoms with Gasteiger partial charge in [-0.15, -0.1) is 13.2 Å². The molecule has 0 aliphatic carbocycles. The van der Waals surface area contributed by atoms with Crippen molar-refractivity contribution in [2.45, 2.75) is 88.8 Å². The molecule has 4 aliphatic heterocycles. The molecule has 12 nitrogen and oxygen atoms in total. The van der Waals surface area contributed by atoms with Crippen LogP contribution in [0.4, 0.5) is 0 Å². The molecule has 0 unspecified atom stereocenters. The molecule has 4 heterocycles. The van der Waals surface area contributed by atoms with Crippen LogP contribution in [0, 0.1) is 17.8 Å². The number of carbonyl (C=O) groups excluding carboxylic acids is 4. The lowest BCUT2D eigenvalue weighted by Crippen LogP contribution is -2.60. The van der Waals surface area contributed by atoms with E-state index in [0.29, 0.717) is 57.6 Å². The summed E-state index contributed by atoms with van der Waals surface area (Å²) in [6, 6.07) is 6.96. The van der Waals surface area contributed by atoms with Crippen LogP contribution in [0.1, 0.15) is 64.5 Å². The minimum absolute atomic E-state index is 0.124. The number of carbonyl (C=O) groups is 4. The Morgan fingerprint density at radius 3 is 2.53 bits per heavy atom. The van der Waals surface area contributed by atoms with E-state index in [-0.39, 0.29) is 43.2 Å². The lowest BCUT2D eigenvalue weighted by molar-refractivity contribution is -0.163. The normalized spacial score (nSPS) is 28.0. The summed E-state index contributed by atoms with van der Waals surface area (Å²) < 4.78 is 18.5. The number of allylic oxidation sites excluding steroid dienone is 1. The van der Waals surface area contributed by atoms with E-state index in [1.54, 1.807) is 28.9 Å². The zero-order valence-corrected chi connectivity index (χ0v) is 30.4. The standard InChI is InChI=1S/C39H56N4O8/c1-6-9-15-31(45)40-27(5)34(28-13-11-10-12-14-28)50-38(48)32-30-16-17-39(51-30)33(32)36(46)43(29(25-44)26(4)8-3)35(39)37(47)42(18-7-2)20-19-41-21-23-49-24-22-41/h6-7,10-14,26-27,29-30,32-35,44H,1-2,8-9,15-25H2,3-5H3,(H,40,45)/t26-,27-,29-,30+,32-,33-,34-,35+,39-/m0/s1. The van der Waals surface area contributed by atoms with E-state index in [1.807, 2.05) is 44.2 Å². The molecule has 2 bridgehead atoms. The van der Waals surface area contributed by atoms with Gasteiger partial charge in [0.25, 0.3) is 0 Å². The SMILES string of the molecule is C=CCCC(=O)N[C@@H](C)[C@H](OC(=O)[C@@H]1[C@H]2C(=O)N([C@@H](CO)[C@@H](C)CC)[C@H](C(=O)N(CC=C)CCN3CCOCC3)[C@]23CC[C@H]1O3)c1ccccc1. The van der Waals surface area contributed by atoms with Gasteiger partial charge in [-0.25, -0.2) is 0 Å². The molecule has 9 atom stereocenters. The molecule has 280 valence electrons. The molecule has 12 heteroatoms. The molecule has 51 heavy (non-hydrogen) atoms. The van der Waals surface area contributed by atoms with Gasteiger partial charge < -0.3 is 34.4 Å². The molecule has 4 aliphatic rings. The molecule has 0 radical (unpaired) electrons. The third kappa shape index (κ3) is 7.94. The van der Waals surface area contributed by atoms with Crippen molar-refractivity contribution in [3.05, 3.63) is 61.2 Å². The summed E-state index contributed by atoms with van der Waals surface area (Å²) in [5, 5.41) is 13.7. The van der Waals surface area contributed by atoms with Gasteiger partial charge in [0.15, 0.2) is 0 Å². The molecule has 1 aromatic carbocycles. The number of esters is 1. The van der Waals surface area contributed by atoms with E-state index in [9.17, 15) is 24.3 Å². The first-order valence-electron chi connectivity index (χ1n) is 18.6. The number of hydrogen-bond donors (Lipinski definition) is 2. The fourth-order valence-corrected chi connectivity index (χ4v) is 8.46. The van der Waals surface area contributed by atoms with Crippen molar-refractivity contribution >= 4 is 23.7 Å². The Hall–Kier alpha value is -3.58. The number of aliphatic hydroxyl groups is 1. The summed E-state index contributed by atoms with van der Waals surface area (Å²) in [5.41, 5.74) is -0.555. The summed E-state index contributed by atoms with van der Waals surface area (Å²) in [7, 11) is 0. The lowest BCUT2D eigenvalue weighted by atomic mass is 9.70. The largest absolute Gasteiger partial charge is 0.455 e. The number of morpholine rings is 1. The average Bonchev–Trinajstić information content (AvgIpc) is 3.79. The summed E-state index contributed by atoms with van der Waals surface area (Å²) in [6.07, 6.45) is 4.25. The first-order valence-corrected chi connectivity index (χ1v) is 18.6. The van der Waals surface area contributed by atoms with Gasteiger partial charge in [-0.1, -0.05) is 62.8 Å². The molecule has 1 aromatic rings. The highest BCUT2D eigenvalue weighted by Crippen LogP contribution is 2.59. The smallest absolute Gasteiger partial charge is 0.313 e. The second-order valence-corrected chi connectivity index (χ2v) is 14.4. The van der Waals surface area contributed by atoms with Gasteiger partial charge in [0.2, 0.25) is 17.7 Å². The van der Waals surface area contributed by atoms with E-state index >= 15 is 0 Å². The number of ether oxygens (including phenoxy) is 3. The van der Waals surface area contributed by atoms with E-state index < -0.39 is 53.7 Å². The van der Waals surface area contributed by atoms with Crippen molar-refractivity contribution in [1.29, 1.82) is 0 Å². The Labute approximate surface area is 302 Å². The van der Waals surface area contributed by atoms with E-state index in [2.05, 4.69) is 23.4 Å². The molecular formula is C39H56N4O8. The number of hydrogen-bond acceptors (Lipinski definition) is 9. The summed E-state index contributed by atoms with van der Waals surface area (Å²) in [6.45, 7) is 17.1. The number of nitrogens with zero attached hydrogens (tertiary/aromatic N) is 3. The van der Waals surface area contributed by atoms with Crippen LogP contribution < -0.4 is 5.32 Å². The monoisotopic (exact) mass is 708 g/mol. The molecule has 4 saturated heterocycles. The fraction of sp³-hybridized carbons (Fsp3) is 0.641. The Balaban J connectivity index is 1.46. The van der Waals surface area contributed by atoms with Crippen LogP contribution in [0.2, 0.25) is 0 Å². The maximum Gasteiger partial charge on any atom is 0.313 e. The highest BCUT2D eigenvalue weighted by Gasteiger charge is 2.76. The summed E-state index contributed by atoms with van der Waals surface area (Å²) >= 11 is 0. The van der Waals surface area contributed by atoms with Crippen LogP contribution in [0.25, 0.3) is 0 Å². The Bertz CT molecular complexity index is 1400. The van der Waals surface area contributed by atoms with Crippen molar-refractivity contribution < 1.29 is 38.5 Å². The van der Waals surface area contributed by atoms with Crippen molar-refractivity contribution in [3.63, 3.8) is 0 Å². The lowest BCUT2D eigenvalue weighted by Gasteiger charge is -2.41. The highest BCUT2D eigenvalue weighted by atomic mass is 16.6. The predicted molar refractivity (Wildman–Crippen MR) is 191 cm³/mol. The summed E-state index contributed by atoms with van der Waals surface area (Å²) in [5.74, 6) is -3.48. The quantitative estimate of drug-likeness (QED) is 0.174. The number of amides is 3. The van der Waals surface area contributed by atoms with Gasteiger partial charge >= 0.3 is 5.97 Å². The van der Waals surface area contributed by atoms with Crippen molar-refractivity contribution in [1.82, 2.24) is 20.0 Å². The second kappa shape index (κ2) is 17.3. The third-order valence-electron chi connectivity index (χ3n) is 11.3. The Morgan fingerprint density at radius 1 is 1.16 bits per heavy atom. The first-order chi connectivity index (χ1) is 24.6. The Morgan fingerprint density at radius 2 is 1.88 bits per heavy atom. The third-order valence-corrected chi connectivity index (χ3v) is 11.3. The van der Waals surface area contributed by atoms with Gasteiger partial charge in [-0.2, -0.15) is 0 Å². The molecule has 2 N–H and O–H groups in total. The summed E-state index contributed by atoms with van der Waals surface area (Å²) in [4.78, 5) is 62.3. The zero-order valence-electron chi connectivity index (χ0n) is 30.4. The van der Waals surface area contributed by atoms with Crippen LogP contribution in [-0.2, 0) is 33.4 Å². The van der Waals surface area contributed by atoms with E-state index in [4.69, 9.17) is 14.2 Å². The number of aliphatic hydroxyl groups excluding tert-OH is 1. The number of likely N-dealkylation sites (tertiary alicyclic amines) is 1. The van der Waals surface area contributed by atoms with E-state index in [1.165, 1.54) is 0 Å². The molecule has 5 rings (SSSR count). The van der Waals surface area contributed by atoms with Crippen LogP contribution in [-0.4, -0.2) is 126 Å². The Kier molecular flexibility index (Phi) is 13.1. The number of rotatable bonds is 18. The molecule has 3 amide bonds. The highest BCUT2D eigenvalue weighted by molar-refractivity contribution is 5.98. The van der Waals surface area contributed by atoms with Gasteiger partial charge in [-0.3, -0.25) is 24.1 Å². The fourth-order valence-electron chi connectivity index (χ4n) is 8.46. The van der Waals surface area contributed by atoms with Crippen LogP contribution >= 0.6 is 0 Å². The van der Waals surface area contributed by atoms with Crippen molar-refractivity contribution in [3.8, 4) is 0 Å². The molecule has 4 fully saturated rings. The van der Waals surface area contributed by atoms with Gasteiger partial charge in [0, 0.05) is 39.1 Å². The number of nitrogens with one attached hydrogen (secondary N) is 1. The molecule has 1 spiro atoms. The van der Waals surface area contributed by atoms with E-state index in [0.717, 1.165) is 13.1 Å². The van der Waals surface area contributed by atoms with Gasteiger partial charge in [-0.05, 0) is 37.7 Å². The average molecular weight is 709 g/mol. The van der Waals surface area contributed by atoms with Crippen LogP contribution in [0.5, 0.6) is 0 Å². The van der Waals surface area contributed by atoms with Gasteiger partial charge in [0.05, 0.1) is 49.8 Å². The molecule has 0 aromatic heterocycles. The molecular weight excluding hydrogens is 652 g/mol. The zero-order chi connectivity index (χ0) is 36.7. The minimum atomic E-state index is -1.26. The number of fused-ring (bicyclic) bond motifs is 1. The van der Waals surface area contributed by atoms with Crippen molar-refractivity contribution in [2.24, 2.45) is 17.8 Å². The van der Waals surface area contributed by atoms with Crippen molar-refractivity contribution in [2.75, 3.05) is 52.5 Å². The minimum Gasteiger partial charge on any atom is -0.455 e. The first kappa shape index (κ1) is 38.6. The molecule has 0 saturated carbocycles. The second-order valence-electron chi connectivity index (χ2n) is 14.4. The maximum atomic E-state index is 14.8. The maximum absolute atomic E-state index is 14.8. The number of benzene rings is 1.